The summed E-state index contributed by atoms with van der Waals surface area (Å²) < 4.78 is 13.5. The number of nitrogens with one attached hydrogen (secondary N) is 2. The lowest BCUT2D eigenvalue weighted by Gasteiger charge is -2.25. The number of nitrogens with zero attached hydrogens (tertiary/aromatic N) is 2. The molecule has 1 aromatic rings. The normalized spacial score (nSPS) is 11.1. The molecule has 0 aliphatic heterocycles. The van der Waals surface area contributed by atoms with E-state index in [0.717, 1.165) is 6.20 Å². The zero-order chi connectivity index (χ0) is 13.8. The number of halogens is 1. The number of rotatable bonds is 6. The summed E-state index contributed by atoms with van der Waals surface area (Å²) in [5, 5.41) is 5.73. The van der Waals surface area contributed by atoms with E-state index in [-0.39, 0.29) is 12.2 Å². The van der Waals surface area contributed by atoms with Gasteiger partial charge in [0.05, 0.1) is 6.20 Å². The van der Waals surface area contributed by atoms with Crippen molar-refractivity contribution in [1.82, 2.24) is 9.97 Å². The van der Waals surface area contributed by atoms with Gasteiger partial charge in [0.25, 0.3) is 0 Å². The van der Waals surface area contributed by atoms with Gasteiger partial charge < -0.3 is 16.4 Å². The van der Waals surface area contributed by atoms with E-state index in [4.69, 9.17) is 5.73 Å². The highest BCUT2D eigenvalue weighted by atomic mass is 19.1. The number of amides is 1. The first-order valence-electron chi connectivity index (χ1n) is 5.67. The number of aromatic nitrogens is 2. The van der Waals surface area contributed by atoms with Crippen LogP contribution in [0.3, 0.4) is 0 Å². The van der Waals surface area contributed by atoms with Gasteiger partial charge in [-0.1, -0.05) is 0 Å². The molecule has 1 amide bonds. The highest BCUT2D eigenvalue weighted by molar-refractivity contribution is 5.75. The molecule has 0 unspecified atom stereocenters. The van der Waals surface area contributed by atoms with E-state index in [1.54, 1.807) is 13.8 Å². The number of nitrogens with two attached hydrogens (primary N) is 1. The van der Waals surface area contributed by atoms with Crippen molar-refractivity contribution in [3.05, 3.63) is 12.0 Å². The lowest BCUT2D eigenvalue weighted by atomic mass is 10.0. The van der Waals surface area contributed by atoms with Gasteiger partial charge in [-0.2, -0.15) is 4.98 Å². The molecule has 6 nitrogen and oxygen atoms in total. The number of hydrogen-bond donors (Lipinski definition) is 3. The van der Waals surface area contributed by atoms with Crippen molar-refractivity contribution in [2.75, 3.05) is 17.2 Å². The third-order valence-electron chi connectivity index (χ3n) is 2.15. The van der Waals surface area contributed by atoms with Gasteiger partial charge in [0, 0.05) is 18.5 Å². The predicted octanol–water partition coefficient (Wildman–Crippen LogP) is 1.11. The number of primary amides is 1. The Hall–Kier alpha value is -1.92. The highest BCUT2D eigenvalue weighted by Gasteiger charge is 2.22. The number of carbonyl (C=O) groups is 1. The molecule has 0 aliphatic carbocycles. The van der Waals surface area contributed by atoms with Gasteiger partial charge in [-0.15, -0.1) is 0 Å². The van der Waals surface area contributed by atoms with Crippen LogP contribution in [-0.4, -0.2) is 28.0 Å². The Morgan fingerprint density at radius 2 is 2.22 bits per heavy atom. The Bertz CT molecular complexity index is 435. The van der Waals surface area contributed by atoms with Gasteiger partial charge in [0.2, 0.25) is 11.9 Å². The van der Waals surface area contributed by atoms with Crippen LogP contribution < -0.4 is 16.4 Å². The fourth-order valence-electron chi connectivity index (χ4n) is 1.50. The van der Waals surface area contributed by atoms with Crippen molar-refractivity contribution in [3.63, 3.8) is 0 Å². The van der Waals surface area contributed by atoms with E-state index in [9.17, 15) is 9.18 Å². The fourth-order valence-corrected chi connectivity index (χ4v) is 1.50. The second kappa shape index (κ2) is 5.61. The van der Waals surface area contributed by atoms with Crippen LogP contribution in [0, 0.1) is 5.82 Å². The average molecular weight is 255 g/mol. The lowest BCUT2D eigenvalue weighted by Crippen LogP contribution is -2.36. The smallest absolute Gasteiger partial charge is 0.224 e. The van der Waals surface area contributed by atoms with E-state index in [1.807, 2.05) is 6.92 Å². The van der Waals surface area contributed by atoms with Crippen LogP contribution in [0.2, 0.25) is 0 Å². The molecule has 1 aromatic heterocycles. The second-order valence-electron chi connectivity index (χ2n) is 4.57. The standard InChI is InChI=1S/C11H18FN5O/c1-4-14-10-15-6-7(12)9(16-10)17-11(2,3)5-8(13)18/h6H,4-5H2,1-3H3,(H2,13,18)(H2,14,15,16,17). The maximum absolute atomic E-state index is 13.5. The SMILES string of the molecule is CCNc1ncc(F)c(NC(C)(C)CC(N)=O)n1. The van der Waals surface area contributed by atoms with E-state index >= 15 is 0 Å². The van der Waals surface area contributed by atoms with E-state index < -0.39 is 17.3 Å². The molecular weight excluding hydrogens is 237 g/mol. The van der Waals surface area contributed by atoms with Crippen LogP contribution in [0.5, 0.6) is 0 Å². The minimum absolute atomic E-state index is 0.0483. The largest absolute Gasteiger partial charge is 0.370 e. The molecule has 0 aromatic carbocycles. The number of anilines is 2. The minimum Gasteiger partial charge on any atom is -0.370 e. The van der Waals surface area contributed by atoms with Crippen molar-refractivity contribution in [3.8, 4) is 0 Å². The van der Waals surface area contributed by atoms with E-state index in [0.29, 0.717) is 12.5 Å². The fraction of sp³-hybridized carbons (Fsp3) is 0.545. The zero-order valence-electron chi connectivity index (χ0n) is 10.7. The monoisotopic (exact) mass is 255 g/mol. The maximum atomic E-state index is 13.5. The molecule has 1 heterocycles. The molecule has 0 fully saturated rings. The molecule has 0 saturated carbocycles. The molecule has 1 rings (SSSR count). The Kier molecular flexibility index (Phi) is 4.41. The van der Waals surface area contributed by atoms with E-state index in [2.05, 4.69) is 20.6 Å². The first-order valence-corrected chi connectivity index (χ1v) is 5.67. The predicted molar refractivity (Wildman–Crippen MR) is 67.7 cm³/mol. The van der Waals surface area contributed by atoms with Crippen LogP contribution >= 0.6 is 0 Å². The molecule has 0 saturated heterocycles. The molecule has 100 valence electrons. The van der Waals surface area contributed by atoms with Crippen molar-refractivity contribution in [1.29, 1.82) is 0 Å². The van der Waals surface area contributed by atoms with Gasteiger partial charge >= 0.3 is 0 Å². The number of carbonyl (C=O) groups excluding carboxylic acids is 1. The lowest BCUT2D eigenvalue weighted by molar-refractivity contribution is -0.118. The van der Waals surface area contributed by atoms with Crippen LogP contribution in [0.1, 0.15) is 27.2 Å². The topological polar surface area (TPSA) is 92.9 Å². The average Bonchev–Trinajstić information content (AvgIpc) is 2.21. The first kappa shape index (κ1) is 14.1. The van der Waals surface area contributed by atoms with Gasteiger partial charge in [-0.25, -0.2) is 9.37 Å². The van der Waals surface area contributed by atoms with Crippen LogP contribution in [0.25, 0.3) is 0 Å². The highest BCUT2D eigenvalue weighted by Crippen LogP contribution is 2.19. The van der Waals surface area contributed by atoms with Gasteiger partial charge in [0.1, 0.15) is 0 Å². The zero-order valence-corrected chi connectivity index (χ0v) is 10.7. The Labute approximate surface area is 105 Å². The van der Waals surface area contributed by atoms with E-state index in [1.165, 1.54) is 0 Å². The molecule has 18 heavy (non-hydrogen) atoms. The molecule has 0 atom stereocenters. The third-order valence-corrected chi connectivity index (χ3v) is 2.15. The summed E-state index contributed by atoms with van der Waals surface area (Å²) in [5.41, 5.74) is 4.45. The minimum atomic E-state index is -0.676. The van der Waals surface area contributed by atoms with Crippen molar-refractivity contribution >= 4 is 17.7 Å². The van der Waals surface area contributed by atoms with Gasteiger partial charge in [-0.3, -0.25) is 4.79 Å². The molecule has 0 radical (unpaired) electrons. The van der Waals surface area contributed by atoms with Crippen LogP contribution in [0.4, 0.5) is 16.2 Å². The van der Waals surface area contributed by atoms with Crippen molar-refractivity contribution < 1.29 is 9.18 Å². The second-order valence-corrected chi connectivity index (χ2v) is 4.57. The molecule has 0 spiro atoms. The van der Waals surface area contributed by atoms with Crippen LogP contribution in [0.15, 0.2) is 6.20 Å². The van der Waals surface area contributed by atoms with Gasteiger partial charge in [0.15, 0.2) is 11.6 Å². The summed E-state index contributed by atoms with van der Waals surface area (Å²) in [6.45, 7) is 6.01. The molecule has 4 N–H and O–H groups in total. The third kappa shape index (κ3) is 4.15. The molecular formula is C11H18FN5O. The summed E-state index contributed by atoms with van der Waals surface area (Å²) in [6.07, 6.45) is 1.15. The Morgan fingerprint density at radius 1 is 1.56 bits per heavy atom. The maximum Gasteiger partial charge on any atom is 0.224 e. The molecule has 0 aliphatic rings. The molecule has 0 bridgehead atoms. The summed E-state index contributed by atoms with van der Waals surface area (Å²) in [7, 11) is 0. The first-order chi connectivity index (χ1) is 8.34. The van der Waals surface area contributed by atoms with Crippen LogP contribution in [-0.2, 0) is 4.79 Å². The summed E-state index contributed by atoms with van der Waals surface area (Å²) >= 11 is 0. The Morgan fingerprint density at radius 3 is 2.78 bits per heavy atom. The van der Waals surface area contributed by atoms with Crippen molar-refractivity contribution in [2.24, 2.45) is 5.73 Å². The molecule has 7 heteroatoms. The summed E-state index contributed by atoms with van der Waals surface area (Å²) in [6, 6.07) is 0. The quantitative estimate of drug-likeness (QED) is 0.708. The van der Waals surface area contributed by atoms with Crippen molar-refractivity contribution in [2.45, 2.75) is 32.7 Å². The Balaban J connectivity index is 2.88. The summed E-state index contributed by atoms with van der Waals surface area (Å²) in [5.74, 6) is -0.661. The number of hydrogen-bond acceptors (Lipinski definition) is 5. The summed E-state index contributed by atoms with van der Waals surface area (Å²) in [4.78, 5) is 18.7. The van der Waals surface area contributed by atoms with Gasteiger partial charge in [-0.05, 0) is 20.8 Å².